The van der Waals surface area contributed by atoms with E-state index in [2.05, 4.69) is 9.97 Å². The van der Waals surface area contributed by atoms with Crippen molar-refractivity contribution in [3.05, 3.63) is 56.7 Å². The molecule has 1 aliphatic heterocycles. The van der Waals surface area contributed by atoms with Crippen molar-refractivity contribution in [3.63, 3.8) is 0 Å². The molecule has 0 fully saturated rings. The Kier molecular flexibility index (Phi) is 4.33. The minimum atomic E-state index is -0.673. The molecule has 3 aromatic rings. The fourth-order valence-electron chi connectivity index (χ4n) is 2.89. The third-order valence-corrected chi connectivity index (χ3v) is 4.78. The van der Waals surface area contributed by atoms with Crippen LogP contribution in [0.1, 0.15) is 12.8 Å². The van der Waals surface area contributed by atoms with E-state index >= 15 is 0 Å². The molecule has 0 spiro atoms. The van der Waals surface area contributed by atoms with Crippen LogP contribution in [0.15, 0.2) is 35.4 Å². The fourth-order valence-corrected chi connectivity index (χ4v) is 3.44. The van der Waals surface area contributed by atoms with Gasteiger partial charge in [0.25, 0.3) is 0 Å². The minimum Gasteiger partial charge on any atom is -0.423 e. The third-order valence-electron chi connectivity index (χ3n) is 4.09. The lowest BCUT2D eigenvalue weighted by atomic mass is 10.3. The Morgan fingerprint density at radius 1 is 1.15 bits per heavy atom. The van der Waals surface area contributed by atoms with Crippen molar-refractivity contribution in [2.24, 2.45) is 0 Å². The van der Waals surface area contributed by atoms with E-state index in [-0.39, 0.29) is 27.2 Å². The first kappa shape index (κ1) is 16.9. The van der Waals surface area contributed by atoms with E-state index in [4.69, 9.17) is 28.6 Å². The van der Waals surface area contributed by atoms with Crippen molar-refractivity contribution < 1.29 is 9.13 Å². The summed E-state index contributed by atoms with van der Waals surface area (Å²) < 4.78 is 24.7. The molecule has 134 valence electrons. The monoisotopic (exact) mass is 393 g/mol. The molecule has 0 saturated carbocycles. The number of hydrogen-bond donors (Lipinski definition) is 0. The van der Waals surface area contributed by atoms with Crippen molar-refractivity contribution in [2.45, 2.75) is 25.9 Å². The van der Waals surface area contributed by atoms with Crippen LogP contribution < -0.4 is 10.4 Å². The smallest absolute Gasteiger partial charge is 0.349 e. The summed E-state index contributed by atoms with van der Waals surface area (Å²) in [5.74, 6) is -0.544. The molecule has 1 aromatic carbocycles. The van der Waals surface area contributed by atoms with Gasteiger partial charge in [0.15, 0.2) is 5.75 Å². The average Bonchev–Trinajstić information content (AvgIpc) is 2.90. The van der Waals surface area contributed by atoms with E-state index < -0.39 is 11.5 Å². The molecular weight excluding hydrogens is 381 g/mol. The number of halogens is 2. The Morgan fingerprint density at radius 2 is 1.85 bits per heavy atom. The first-order valence-corrected chi connectivity index (χ1v) is 8.72. The van der Waals surface area contributed by atoms with Crippen LogP contribution in [0, 0.1) is 10.6 Å². The summed E-state index contributed by atoms with van der Waals surface area (Å²) in [7, 11) is 0. The molecule has 7 nitrogen and oxygen atoms in total. The maximum absolute atomic E-state index is 14.6. The summed E-state index contributed by atoms with van der Waals surface area (Å²) in [5, 5.41) is 0.0364. The van der Waals surface area contributed by atoms with Crippen LogP contribution in [0.4, 0.5) is 4.39 Å². The Balaban J connectivity index is 1.86. The van der Waals surface area contributed by atoms with Gasteiger partial charge in [0.1, 0.15) is 5.82 Å². The molecule has 10 heteroatoms. The largest absolute Gasteiger partial charge is 0.423 e. The zero-order chi connectivity index (χ0) is 18.3. The Labute approximate surface area is 157 Å². The van der Waals surface area contributed by atoms with Crippen LogP contribution in [0.5, 0.6) is 11.8 Å². The molecule has 0 bridgehead atoms. The molecule has 0 unspecified atom stereocenters. The van der Waals surface area contributed by atoms with Crippen LogP contribution in [0.25, 0.3) is 5.69 Å². The van der Waals surface area contributed by atoms with Crippen molar-refractivity contribution in [1.29, 1.82) is 0 Å². The second-order valence-electron chi connectivity index (χ2n) is 5.72. The zero-order valence-electron chi connectivity index (χ0n) is 13.4. The van der Waals surface area contributed by atoms with Gasteiger partial charge < -0.3 is 4.74 Å². The number of ether oxygens (including phenoxy) is 1. The average molecular weight is 394 g/mol. The molecule has 0 amide bonds. The first-order valence-electron chi connectivity index (χ1n) is 7.93. The SMILES string of the molecule is O=c1n(-c2cc(Oc3ncccn3)c(Cl)cc2F)c(=S)n2n1CCCC2. The highest BCUT2D eigenvalue weighted by Gasteiger charge is 2.21. The van der Waals surface area contributed by atoms with Gasteiger partial charge in [-0.3, -0.25) is 4.68 Å². The fraction of sp³-hybridized carbons (Fsp3) is 0.250. The van der Waals surface area contributed by atoms with Gasteiger partial charge in [-0.2, -0.15) is 0 Å². The van der Waals surface area contributed by atoms with Gasteiger partial charge in [0.2, 0.25) is 4.77 Å². The van der Waals surface area contributed by atoms with Crippen LogP contribution in [-0.4, -0.2) is 23.9 Å². The van der Waals surface area contributed by atoms with Gasteiger partial charge in [-0.25, -0.2) is 28.4 Å². The van der Waals surface area contributed by atoms with Crippen molar-refractivity contribution >= 4 is 23.8 Å². The highest BCUT2D eigenvalue weighted by molar-refractivity contribution is 7.71. The normalized spacial score (nSPS) is 13.5. The molecule has 3 heterocycles. The van der Waals surface area contributed by atoms with E-state index in [1.54, 1.807) is 10.7 Å². The number of rotatable bonds is 3. The highest BCUT2D eigenvalue weighted by atomic mass is 35.5. The predicted octanol–water partition coefficient (Wildman–Crippen LogP) is 3.34. The lowest BCUT2D eigenvalue weighted by molar-refractivity contribution is 0.352. The number of nitrogens with zero attached hydrogens (tertiary/aromatic N) is 5. The third kappa shape index (κ3) is 2.82. The van der Waals surface area contributed by atoms with Crippen LogP contribution in [-0.2, 0) is 13.1 Å². The second-order valence-corrected chi connectivity index (χ2v) is 6.49. The highest BCUT2D eigenvalue weighted by Crippen LogP contribution is 2.32. The van der Waals surface area contributed by atoms with Crippen molar-refractivity contribution in [2.75, 3.05) is 0 Å². The summed E-state index contributed by atoms with van der Waals surface area (Å²) in [4.78, 5) is 20.6. The Bertz CT molecular complexity index is 1060. The molecule has 0 N–H and O–H groups in total. The summed E-state index contributed by atoms with van der Waals surface area (Å²) >= 11 is 11.5. The molecule has 1 aliphatic rings. The zero-order valence-corrected chi connectivity index (χ0v) is 15.0. The maximum atomic E-state index is 14.6. The lowest BCUT2D eigenvalue weighted by Gasteiger charge is -2.14. The molecular formula is C16H13ClFN5O2S. The van der Waals surface area contributed by atoms with E-state index in [0.29, 0.717) is 13.1 Å². The molecule has 0 aliphatic carbocycles. The van der Waals surface area contributed by atoms with E-state index in [9.17, 15) is 9.18 Å². The van der Waals surface area contributed by atoms with Crippen LogP contribution >= 0.6 is 23.8 Å². The molecule has 2 aromatic heterocycles. The Morgan fingerprint density at radius 3 is 2.54 bits per heavy atom. The predicted molar refractivity (Wildman–Crippen MR) is 95.2 cm³/mol. The van der Waals surface area contributed by atoms with Crippen molar-refractivity contribution in [3.8, 4) is 17.4 Å². The van der Waals surface area contributed by atoms with Gasteiger partial charge >= 0.3 is 11.7 Å². The maximum Gasteiger partial charge on any atom is 0.349 e. The van der Waals surface area contributed by atoms with E-state index in [0.717, 1.165) is 23.5 Å². The topological polar surface area (TPSA) is 66.9 Å². The number of aromatic nitrogens is 5. The Hall–Kier alpha value is -2.52. The summed E-state index contributed by atoms with van der Waals surface area (Å²) in [6.45, 7) is 1.17. The second kappa shape index (κ2) is 6.65. The molecule has 26 heavy (non-hydrogen) atoms. The molecule has 0 saturated heterocycles. The van der Waals surface area contributed by atoms with Gasteiger partial charge in [0, 0.05) is 31.5 Å². The number of hydrogen-bond acceptors (Lipinski definition) is 5. The summed E-state index contributed by atoms with van der Waals surface area (Å²) in [6.07, 6.45) is 4.80. The quantitative estimate of drug-likeness (QED) is 0.638. The standard InChI is InChI=1S/C16H13ClFN5O2S/c17-10-8-11(18)12(9-13(10)25-14-19-4-3-5-20-14)23-15(24)21-6-1-2-7-22(21)16(23)26/h3-5,8-9H,1-2,6-7H2. The van der Waals surface area contributed by atoms with Crippen molar-refractivity contribution in [1.82, 2.24) is 23.9 Å². The van der Waals surface area contributed by atoms with E-state index in [1.807, 2.05) is 0 Å². The molecule has 0 radical (unpaired) electrons. The van der Waals surface area contributed by atoms with Gasteiger partial charge in [-0.15, -0.1) is 0 Å². The van der Waals surface area contributed by atoms with Gasteiger partial charge in [-0.1, -0.05) is 11.6 Å². The number of fused-ring (bicyclic) bond motifs is 1. The first-order chi connectivity index (χ1) is 12.6. The minimum absolute atomic E-state index is 0.0234. The van der Waals surface area contributed by atoms with Crippen LogP contribution in [0.3, 0.4) is 0 Å². The summed E-state index contributed by atoms with van der Waals surface area (Å²) in [6, 6.07) is 4.11. The van der Waals surface area contributed by atoms with Gasteiger partial charge in [-0.05, 0) is 37.2 Å². The van der Waals surface area contributed by atoms with Gasteiger partial charge in [0.05, 0.1) is 10.7 Å². The molecule has 4 rings (SSSR count). The number of benzene rings is 1. The summed E-state index contributed by atoms with van der Waals surface area (Å²) in [5.41, 5.74) is -0.414. The lowest BCUT2D eigenvalue weighted by Crippen LogP contribution is -2.29. The van der Waals surface area contributed by atoms with E-state index in [1.165, 1.54) is 23.1 Å². The van der Waals surface area contributed by atoms with Crippen LogP contribution in [0.2, 0.25) is 5.02 Å². The molecule has 0 atom stereocenters.